The molecule has 9 heteroatoms. The van der Waals surface area contributed by atoms with Crippen LogP contribution in [0.1, 0.15) is 18.4 Å². The van der Waals surface area contributed by atoms with Gasteiger partial charge in [-0.2, -0.15) is 0 Å². The molecule has 1 aromatic heterocycles. The summed E-state index contributed by atoms with van der Waals surface area (Å²) in [6, 6.07) is 11.0. The number of hydrogen-bond acceptors (Lipinski definition) is 7. The van der Waals surface area contributed by atoms with E-state index in [0.717, 1.165) is 11.3 Å². The summed E-state index contributed by atoms with van der Waals surface area (Å²) in [5, 5.41) is 24.7. The first-order valence-corrected chi connectivity index (χ1v) is 10.2. The Labute approximate surface area is 185 Å². The van der Waals surface area contributed by atoms with Gasteiger partial charge < -0.3 is 25.6 Å². The Kier molecular flexibility index (Phi) is 7.69. The molecule has 162 valence electrons. The van der Waals surface area contributed by atoms with E-state index in [1.54, 1.807) is 12.3 Å². The minimum atomic E-state index is -1.02. The fourth-order valence-corrected chi connectivity index (χ4v) is 3.63. The number of para-hydroxylation sites is 1. The Morgan fingerprint density at radius 1 is 1.23 bits per heavy atom. The number of ether oxygens (including phenoxy) is 1. The molecule has 0 bridgehead atoms. The molecule has 1 aliphatic carbocycles. The highest BCUT2D eigenvalue weighted by molar-refractivity contribution is 7.81. The summed E-state index contributed by atoms with van der Waals surface area (Å²) in [4.78, 5) is 28.6. The SMILES string of the molecule is O=C1CC(C(=O)O)CC(NCc2ccncc2OCCO)=C1C(=S)Nc1ccccc1. The largest absolute Gasteiger partial charge is 0.489 e. The zero-order valence-corrected chi connectivity index (χ0v) is 17.5. The Morgan fingerprint density at radius 2 is 2.00 bits per heavy atom. The van der Waals surface area contributed by atoms with Crippen molar-refractivity contribution in [1.29, 1.82) is 0 Å². The second kappa shape index (κ2) is 10.6. The number of Topliss-reactive ketones (excluding diaryl/α,β-unsaturated/α-hetero) is 1. The van der Waals surface area contributed by atoms with Crippen LogP contribution in [0.4, 0.5) is 5.69 Å². The van der Waals surface area contributed by atoms with Gasteiger partial charge in [-0.05, 0) is 18.2 Å². The lowest BCUT2D eigenvalue weighted by Gasteiger charge is -2.26. The van der Waals surface area contributed by atoms with Gasteiger partial charge in [0.25, 0.3) is 0 Å². The van der Waals surface area contributed by atoms with E-state index in [-0.39, 0.29) is 43.4 Å². The van der Waals surface area contributed by atoms with E-state index >= 15 is 0 Å². The number of carbonyl (C=O) groups excluding carboxylic acids is 1. The minimum Gasteiger partial charge on any atom is -0.489 e. The lowest BCUT2D eigenvalue weighted by atomic mass is 9.85. The molecule has 0 spiro atoms. The molecule has 8 nitrogen and oxygen atoms in total. The van der Waals surface area contributed by atoms with Gasteiger partial charge in [-0.3, -0.25) is 14.6 Å². The summed E-state index contributed by atoms with van der Waals surface area (Å²) in [6.45, 7) is 0.262. The molecule has 0 saturated heterocycles. The average Bonchev–Trinajstić information content (AvgIpc) is 2.77. The van der Waals surface area contributed by atoms with Crippen molar-refractivity contribution in [3.8, 4) is 5.75 Å². The number of nitrogens with one attached hydrogen (secondary N) is 2. The number of aromatic nitrogens is 1. The highest BCUT2D eigenvalue weighted by Gasteiger charge is 2.33. The van der Waals surface area contributed by atoms with Crippen molar-refractivity contribution in [2.45, 2.75) is 19.4 Å². The first-order chi connectivity index (χ1) is 15.0. The summed E-state index contributed by atoms with van der Waals surface area (Å²) in [5.41, 5.74) is 2.26. The number of benzene rings is 1. The lowest BCUT2D eigenvalue weighted by Crippen LogP contribution is -2.34. The number of hydrogen-bond donors (Lipinski definition) is 4. The van der Waals surface area contributed by atoms with Crippen molar-refractivity contribution in [2.75, 3.05) is 18.5 Å². The van der Waals surface area contributed by atoms with Crippen molar-refractivity contribution in [1.82, 2.24) is 10.3 Å². The number of allylic oxidation sites excluding steroid dienone is 1. The molecule has 0 fully saturated rings. The Bertz CT molecular complexity index is 994. The standard InChI is InChI=1S/C22H23N3O5S/c26-8-9-30-19-13-23-7-6-14(19)12-24-17-10-15(22(28)29)11-18(27)20(17)21(31)25-16-4-2-1-3-5-16/h1-7,13,15,24,26H,8-12H2,(H,25,31)(H,28,29). The Balaban J connectivity index is 1.86. The van der Waals surface area contributed by atoms with Gasteiger partial charge in [-0.1, -0.05) is 30.4 Å². The van der Waals surface area contributed by atoms with Gasteiger partial charge in [0, 0.05) is 42.5 Å². The molecular weight excluding hydrogens is 418 g/mol. The fourth-order valence-electron chi connectivity index (χ4n) is 3.27. The van der Waals surface area contributed by atoms with Crippen LogP contribution in [-0.2, 0) is 16.1 Å². The third kappa shape index (κ3) is 5.87. The third-order valence-corrected chi connectivity index (χ3v) is 5.09. The molecule has 1 heterocycles. The van der Waals surface area contributed by atoms with Crippen LogP contribution < -0.4 is 15.4 Å². The van der Waals surface area contributed by atoms with Crippen LogP contribution in [-0.4, -0.2) is 45.2 Å². The van der Waals surface area contributed by atoms with E-state index in [1.807, 2.05) is 30.3 Å². The Morgan fingerprint density at radius 3 is 2.71 bits per heavy atom. The smallest absolute Gasteiger partial charge is 0.307 e. The molecule has 0 amide bonds. The highest BCUT2D eigenvalue weighted by Crippen LogP contribution is 2.28. The number of ketones is 1. The molecule has 4 N–H and O–H groups in total. The van der Waals surface area contributed by atoms with Crippen LogP contribution in [0, 0.1) is 5.92 Å². The topological polar surface area (TPSA) is 121 Å². The van der Waals surface area contributed by atoms with Crippen molar-refractivity contribution in [3.63, 3.8) is 0 Å². The molecule has 31 heavy (non-hydrogen) atoms. The minimum absolute atomic E-state index is 0.105. The van der Waals surface area contributed by atoms with Gasteiger partial charge in [-0.25, -0.2) is 0 Å². The zero-order valence-electron chi connectivity index (χ0n) is 16.7. The number of carbonyl (C=O) groups is 2. The van der Waals surface area contributed by atoms with Gasteiger partial charge >= 0.3 is 5.97 Å². The molecule has 0 saturated carbocycles. The first kappa shape index (κ1) is 22.4. The predicted octanol–water partition coefficient (Wildman–Crippen LogP) is 2.30. The van der Waals surface area contributed by atoms with E-state index in [0.29, 0.717) is 17.0 Å². The first-order valence-electron chi connectivity index (χ1n) is 9.75. The number of carboxylic acid groups (broad SMARTS) is 1. The monoisotopic (exact) mass is 441 g/mol. The van der Waals surface area contributed by atoms with E-state index < -0.39 is 11.9 Å². The van der Waals surface area contributed by atoms with Crippen molar-refractivity contribution >= 4 is 34.6 Å². The maximum atomic E-state index is 12.8. The van der Waals surface area contributed by atoms with Crippen LogP contribution >= 0.6 is 12.2 Å². The van der Waals surface area contributed by atoms with E-state index in [4.69, 9.17) is 22.1 Å². The second-order valence-corrected chi connectivity index (χ2v) is 7.36. The van der Waals surface area contributed by atoms with Gasteiger partial charge in [0.1, 0.15) is 17.3 Å². The summed E-state index contributed by atoms with van der Waals surface area (Å²) in [7, 11) is 0. The van der Waals surface area contributed by atoms with Crippen molar-refractivity contribution in [3.05, 3.63) is 65.6 Å². The number of rotatable bonds is 9. The van der Waals surface area contributed by atoms with Crippen LogP contribution in [0.3, 0.4) is 0 Å². The average molecular weight is 442 g/mol. The van der Waals surface area contributed by atoms with E-state index in [1.165, 1.54) is 6.20 Å². The zero-order chi connectivity index (χ0) is 22.2. The molecule has 2 aromatic rings. The summed E-state index contributed by atoms with van der Waals surface area (Å²) in [6.07, 6.45) is 3.19. The molecule has 0 aliphatic heterocycles. The number of thiocarbonyl (C=S) groups is 1. The predicted molar refractivity (Wildman–Crippen MR) is 119 cm³/mol. The maximum absolute atomic E-state index is 12.8. The molecule has 3 rings (SSSR count). The van der Waals surface area contributed by atoms with E-state index in [2.05, 4.69) is 15.6 Å². The molecule has 1 aliphatic rings. The van der Waals surface area contributed by atoms with Gasteiger partial charge in [-0.15, -0.1) is 0 Å². The van der Waals surface area contributed by atoms with Crippen LogP contribution in [0.15, 0.2) is 60.1 Å². The fraction of sp³-hybridized carbons (Fsp3) is 0.273. The van der Waals surface area contributed by atoms with Gasteiger partial charge in [0.2, 0.25) is 0 Å². The van der Waals surface area contributed by atoms with E-state index in [9.17, 15) is 14.7 Å². The van der Waals surface area contributed by atoms with Crippen molar-refractivity contribution in [2.24, 2.45) is 5.92 Å². The van der Waals surface area contributed by atoms with Crippen LogP contribution in [0.5, 0.6) is 5.75 Å². The number of nitrogens with zero attached hydrogens (tertiary/aromatic N) is 1. The number of pyridine rings is 1. The van der Waals surface area contributed by atoms with Gasteiger partial charge in [0.15, 0.2) is 5.78 Å². The summed E-state index contributed by atoms with van der Waals surface area (Å²) in [5.74, 6) is -1.67. The van der Waals surface area contributed by atoms with Crippen LogP contribution in [0.25, 0.3) is 0 Å². The second-order valence-electron chi connectivity index (χ2n) is 6.95. The molecule has 1 atom stereocenters. The third-order valence-electron chi connectivity index (χ3n) is 4.78. The maximum Gasteiger partial charge on any atom is 0.307 e. The molecule has 0 radical (unpaired) electrons. The van der Waals surface area contributed by atoms with Crippen molar-refractivity contribution < 1.29 is 24.5 Å². The summed E-state index contributed by atoms with van der Waals surface area (Å²) >= 11 is 5.49. The Hall–Kier alpha value is -3.30. The molecule has 1 unspecified atom stereocenters. The molecule has 1 aromatic carbocycles. The molecular formula is C22H23N3O5S. The number of aliphatic hydroxyl groups excluding tert-OH is 1. The summed E-state index contributed by atoms with van der Waals surface area (Å²) < 4.78 is 5.49. The normalized spacial score (nSPS) is 16.0. The number of aliphatic hydroxyl groups is 1. The number of carboxylic acids is 1. The highest BCUT2D eigenvalue weighted by atomic mass is 32.1. The van der Waals surface area contributed by atoms with Crippen LogP contribution in [0.2, 0.25) is 0 Å². The quantitative estimate of drug-likeness (QED) is 0.434. The number of anilines is 1. The lowest BCUT2D eigenvalue weighted by molar-refractivity contribution is -0.143. The van der Waals surface area contributed by atoms with Gasteiger partial charge in [0.05, 0.1) is 24.3 Å². The number of aliphatic carboxylic acids is 1.